The lowest BCUT2D eigenvalue weighted by molar-refractivity contribution is -0.117. The fraction of sp³-hybridized carbons (Fsp3) is 0.385. The summed E-state index contributed by atoms with van der Waals surface area (Å²) in [6.45, 7) is 6.33. The summed E-state index contributed by atoms with van der Waals surface area (Å²) in [7, 11) is -3.64. The third-order valence-corrected chi connectivity index (χ3v) is 9.28. The van der Waals surface area contributed by atoms with Crippen molar-refractivity contribution in [2.75, 3.05) is 41.1 Å². The van der Waals surface area contributed by atoms with Crippen molar-refractivity contribution in [1.82, 2.24) is 10.3 Å². The van der Waals surface area contributed by atoms with E-state index in [4.69, 9.17) is 0 Å². The van der Waals surface area contributed by atoms with Crippen molar-refractivity contribution in [2.45, 2.75) is 42.9 Å². The predicted octanol–water partition coefficient (Wildman–Crippen LogP) is 4.60. The van der Waals surface area contributed by atoms with Gasteiger partial charge in [-0.2, -0.15) is 0 Å². The van der Waals surface area contributed by atoms with Crippen molar-refractivity contribution in [3.8, 4) is 0 Å². The molecular weight excluding hydrogens is 494 g/mol. The zero-order valence-electron chi connectivity index (χ0n) is 20.3. The lowest BCUT2D eigenvalue weighted by Crippen LogP contribution is -2.41. The number of anilines is 3. The molecule has 0 unspecified atom stereocenters. The van der Waals surface area contributed by atoms with Gasteiger partial charge in [-0.3, -0.25) is 9.52 Å². The summed E-state index contributed by atoms with van der Waals surface area (Å²) in [6, 6.07) is 13.1. The Labute approximate surface area is 219 Å². The van der Waals surface area contributed by atoms with Crippen LogP contribution in [0.4, 0.5) is 16.5 Å². The second kappa shape index (κ2) is 10.2. The van der Waals surface area contributed by atoms with Crippen molar-refractivity contribution < 1.29 is 16.1 Å². The Bertz CT molecular complexity index is 1320. The van der Waals surface area contributed by atoms with Crippen LogP contribution in [0.25, 0.3) is 0 Å². The summed E-state index contributed by atoms with van der Waals surface area (Å²) in [6.07, 6.45) is 5.47. The number of sulfonamides is 1. The van der Waals surface area contributed by atoms with Gasteiger partial charge < -0.3 is 15.5 Å². The molecule has 1 spiro atoms. The second-order valence-electron chi connectivity index (χ2n) is 9.52. The van der Waals surface area contributed by atoms with Crippen LogP contribution in [0.2, 0.25) is 0 Å². The maximum Gasteiger partial charge on any atom is 0.263 e. The zero-order chi connectivity index (χ0) is 25.2. The lowest BCUT2D eigenvalue weighted by atomic mass is 9.74. The van der Waals surface area contributed by atoms with Crippen LogP contribution in [-0.4, -0.2) is 45.5 Å². The van der Waals surface area contributed by atoms with Gasteiger partial charge in [0.2, 0.25) is 5.91 Å². The standard InChI is InChI=1S/C13H13N3O3S2.C13H18N2.2H2/c17-12-2-1-8-16(12)10-3-5-11(6-4-10)21(18,19)15-13-14-7-9-20-13;1-10-2-3-12-11(8-10)13(9-15-12)4-6-14-7-5-13;;/h3-7,9H,1-2,8H2,(H,14,15);2-3,8,14-15H,4-7,9H2,1H3;2*1H. The number of rotatable bonds is 4. The number of benzene rings is 2. The molecule has 6 rings (SSSR count). The fourth-order valence-corrected chi connectivity index (χ4v) is 6.92. The van der Waals surface area contributed by atoms with E-state index in [0.29, 0.717) is 23.5 Å². The Morgan fingerprint density at radius 3 is 2.58 bits per heavy atom. The van der Waals surface area contributed by atoms with Crippen LogP contribution in [0.1, 0.15) is 39.7 Å². The number of carbonyl (C=O) groups is 1. The molecule has 3 aliphatic rings. The summed E-state index contributed by atoms with van der Waals surface area (Å²) in [5, 5.41) is 9.04. The molecule has 0 bridgehead atoms. The second-order valence-corrected chi connectivity index (χ2v) is 12.1. The average Bonchev–Trinajstić information content (AvgIpc) is 3.62. The minimum Gasteiger partial charge on any atom is -0.384 e. The van der Waals surface area contributed by atoms with Gasteiger partial charge in [-0.05, 0) is 75.2 Å². The Hall–Kier alpha value is -2.95. The van der Waals surface area contributed by atoms with E-state index in [1.54, 1.807) is 28.0 Å². The van der Waals surface area contributed by atoms with Crippen molar-refractivity contribution in [3.05, 3.63) is 65.2 Å². The van der Waals surface area contributed by atoms with Crippen LogP contribution in [-0.2, 0) is 20.2 Å². The fourth-order valence-electron chi connectivity index (χ4n) is 5.14. The smallest absolute Gasteiger partial charge is 0.263 e. The summed E-state index contributed by atoms with van der Waals surface area (Å²) in [5.41, 5.74) is 5.46. The van der Waals surface area contributed by atoms with E-state index in [2.05, 4.69) is 45.5 Å². The molecule has 2 aromatic carbocycles. The molecule has 10 heteroatoms. The Kier molecular flexibility index (Phi) is 7.00. The van der Waals surface area contributed by atoms with Crippen LogP contribution < -0.4 is 20.3 Å². The molecule has 0 aliphatic carbocycles. The number of aryl methyl sites for hydroxylation is 1. The third-order valence-electron chi connectivity index (χ3n) is 7.11. The molecule has 1 amide bonds. The molecule has 2 fully saturated rings. The van der Waals surface area contributed by atoms with Crippen molar-refractivity contribution in [3.63, 3.8) is 0 Å². The van der Waals surface area contributed by atoms with Crippen molar-refractivity contribution >= 4 is 43.8 Å². The molecule has 0 atom stereocenters. The Morgan fingerprint density at radius 2 is 1.92 bits per heavy atom. The number of nitrogens with one attached hydrogen (secondary N) is 3. The van der Waals surface area contributed by atoms with Gasteiger partial charge in [0.1, 0.15) is 0 Å². The van der Waals surface area contributed by atoms with Crippen molar-refractivity contribution in [1.29, 1.82) is 0 Å². The van der Waals surface area contributed by atoms with Gasteiger partial charge in [-0.25, -0.2) is 13.4 Å². The number of fused-ring (bicyclic) bond motifs is 2. The SMILES string of the molecule is Cc1ccc2c(c1)C1(CCNCC1)CN2.O=C1CCCN1c1ccc(S(=O)(=O)Nc2nccs2)cc1.[HH].[HH]. The number of piperidine rings is 1. The number of aromatic nitrogens is 1. The van der Waals surface area contributed by atoms with E-state index in [-0.39, 0.29) is 13.7 Å². The maximum atomic E-state index is 12.2. The van der Waals surface area contributed by atoms with Gasteiger partial charge in [-0.15, -0.1) is 11.3 Å². The molecule has 2 saturated heterocycles. The lowest BCUT2D eigenvalue weighted by Gasteiger charge is -2.34. The largest absolute Gasteiger partial charge is 0.384 e. The summed E-state index contributed by atoms with van der Waals surface area (Å²) in [4.78, 5) is 17.4. The maximum absolute atomic E-state index is 12.2. The van der Waals surface area contributed by atoms with E-state index in [9.17, 15) is 13.2 Å². The van der Waals surface area contributed by atoms with Gasteiger partial charge in [0.05, 0.1) is 4.90 Å². The van der Waals surface area contributed by atoms with Crippen LogP contribution >= 0.6 is 11.3 Å². The molecular formula is C26H35N5O3S2. The molecule has 4 heterocycles. The highest BCUT2D eigenvalue weighted by atomic mass is 32.2. The first kappa shape index (κ1) is 24.7. The Balaban J connectivity index is 0.000000209. The van der Waals surface area contributed by atoms with E-state index in [1.807, 2.05) is 0 Å². The highest BCUT2D eigenvalue weighted by Crippen LogP contribution is 2.43. The average molecular weight is 530 g/mol. The molecule has 194 valence electrons. The molecule has 1 aromatic heterocycles. The number of hydrogen-bond acceptors (Lipinski definition) is 7. The van der Waals surface area contributed by atoms with E-state index >= 15 is 0 Å². The number of thiazole rings is 1. The highest BCUT2D eigenvalue weighted by molar-refractivity contribution is 7.93. The van der Waals surface area contributed by atoms with Crippen LogP contribution in [0.3, 0.4) is 0 Å². The number of nitrogens with zero attached hydrogens (tertiary/aromatic N) is 2. The van der Waals surface area contributed by atoms with Gasteiger partial charge in [0.25, 0.3) is 10.0 Å². The van der Waals surface area contributed by atoms with E-state index < -0.39 is 10.0 Å². The molecule has 3 N–H and O–H groups in total. The molecule has 8 nitrogen and oxygen atoms in total. The number of carbonyl (C=O) groups excluding carboxylic acids is 1. The zero-order valence-corrected chi connectivity index (χ0v) is 21.9. The van der Waals surface area contributed by atoms with E-state index in [0.717, 1.165) is 31.7 Å². The molecule has 3 aromatic rings. The first-order chi connectivity index (χ1) is 17.4. The van der Waals surface area contributed by atoms with Gasteiger partial charge >= 0.3 is 0 Å². The number of hydrogen-bond donors (Lipinski definition) is 3. The first-order valence-corrected chi connectivity index (χ1v) is 14.6. The van der Waals surface area contributed by atoms with Crippen LogP contribution in [0.15, 0.2) is 58.9 Å². The Morgan fingerprint density at radius 1 is 1.14 bits per heavy atom. The summed E-state index contributed by atoms with van der Waals surface area (Å²) >= 11 is 1.21. The molecule has 0 saturated carbocycles. The first-order valence-electron chi connectivity index (χ1n) is 12.2. The minimum absolute atomic E-state index is 0. The summed E-state index contributed by atoms with van der Waals surface area (Å²) < 4.78 is 26.8. The van der Waals surface area contributed by atoms with Gasteiger partial charge in [0, 0.05) is 50.7 Å². The normalized spacial score (nSPS) is 18.4. The third kappa shape index (κ3) is 5.11. The minimum atomic E-state index is -3.64. The van der Waals surface area contributed by atoms with E-state index in [1.165, 1.54) is 53.8 Å². The highest BCUT2D eigenvalue weighted by Gasteiger charge is 2.39. The molecule has 3 aliphatic heterocycles. The predicted molar refractivity (Wildman–Crippen MR) is 149 cm³/mol. The van der Waals surface area contributed by atoms with Gasteiger partial charge in [0.15, 0.2) is 5.13 Å². The topological polar surface area (TPSA) is 103 Å². The molecule has 36 heavy (non-hydrogen) atoms. The van der Waals surface area contributed by atoms with Crippen LogP contribution in [0.5, 0.6) is 0 Å². The van der Waals surface area contributed by atoms with Crippen molar-refractivity contribution in [2.24, 2.45) is 0 Å². The van der Waals surface area contributed by atoms with Gasteiger partial charge in [-0.1, -0.05) is 17.7 Å². The number of amides is 1. The monoisotopic (exact) mass is 529 g/mol. The van der Waals surface area contributed by atoms with Crippen LogP contribution in [0, 0.1) is 6.92 Å². The quantitative estimate of drug-likeness (QED) is 0.456. The molecule has 0 radical (unpaired) electrons. The summed E-state index contributed by atoms with van der Waals surface area (Å²) in [5.74, 6) is 0.0755.